The number of aromatic nitrogens is 1. The summed E-state index contributed by atoms with van der Waals surface area (Å²) >= 11 is 0. The van der Waals surface area contributed by atoms with E-state index in [1.54, 1.807) is 0 Å². The molecule has 0 saturated carbocycles. The highest BCUT2D eigenvalue weighted by Crippen LogP contribution is 2.27. The molecule has 0 N–H and O–H groups in total. The maximum absolute atomic E-state index is 5.47. The quantitative estimate of drug-likeness (QED) is 0.662. The van der Waals surface area contributed by atoms with Crippen molar-refractivity contribution in [3.8, 4) is 22.6 Å². The first-order chi connectivity index (χ1) is 12.8. The summed E-state index contributed by atoms with van der Waals surface area (Å²) in [6.07, 6.45) is 0. The van der Waals surface area contributed by atoms with Crippen LogP contribution in [-0.2, 0) is 0 Å². The topological polar surface area (TPSA) is 57.2 Å². The first kappa shape index (κ1) is 16.5. The monoisotopic (exact) mass is 347 g/mol. The number of hydrogen-bond acceptors (Lipinski definition) is 5. The fraction of sp³-hybridized carbons (Fsp3) is 0.250. The smallest absolute Gasteiger partial charge is 0.167 e. The van der Waals surface area contributed by atoms with Gasteiger partial charge in [0.25, 0.3) is 0 Å². The summed E-state index contributed by atoms with van der Waals surface area (Å²) in [6, 6.07) is 19.8. The molecule has 6 nitrogen and oxygen atoms in total. The minimum atomic E-state index is 0.763. The summed E-state index contributed by atoms with van der Waals surface area (Å²) in [5.41, 5.74) is 3.66. The molecule has 0 amide bonds. The summed E-state index contributed by atoms with van der Waals surface area (Å²) in [5.74, 6) is 0.763. The second kappa shape index (κ2) is 7.49. The maximum Gasteiger partial charge on any atom is 0.167 e. The minimum Gasteiger partial charge on any atom is -0.356 e. The Hall–Kier alpha value is -2.99. The normalized spacial score (nSPS) is 15.7. The Kier molecular flexibility index (Phi) is 4.75. The van der Waals surface area contributed by atoms with Gasteiger partial charge in [-0.05, 0) is 19.2 Å². The lowest BCUT2D eigenvalue weighted by Gasteiger charge is -2.29. The lowest BCUT2D eigenvalue weighted by molar-refractivity contribution is 0.150. The number of rotatable bonds is 4. The Bertz CT molecular complexity index is 865. The van der Waals surface area contributed by atoms with Crippen LogP contribution in [-0.4, -0.2) is 48.3 Å². The third-order valence-corrected chi connectivity index (χ3v) is 4.50. The van der Waals surface area contributed by atoms with Gasteiger partial charge in [-0.2, -0.15) is 0 Å². The van der Waals surface area contributed by atoms with Crippen molar-refractivity contribution in [2.24, 2.45) is 10.3 Å². The van der Waals surface area contributed by atoms with Crippen molar-refractivity contribution in [3.05, 3.63) is 60.7 Å². The van der Waals surface area contributed by atoms with Crippen LogP contribution in [0.4, 0.5) is 5.69 Å². The molecule has 2 aromatic carbocycles. The largest absolute Gasteiger partial charge is 0.356 e. The van der Waals surface area contributed by atoms with Crippen LogP contribution in [0, 0.1) is 0 Å². The molecule has 2 heterocycles. The van der Waals surface area contributed by atoms with Gasteiger partial charge in [0.15, 0.2) is 5.76 Å². The average molecular weight is 347 g/mol. The Morgan fingerprint density at radius 1 is 0.885 bits per heavy atom. The Labute approximate surface area is 152 Å². The van der Waals surface area contributed by atoms with E-state index >= 15 is 0 Å². The molecule has 0 radical (unpaired) electrons. The summed E-state index contributed by atoms with van der Waals surface area (Å²) in [5, 5.41) is 14.9. The van der Waals surface area contributed by atoms with Gasteiger partial charge < -0.3 is 9.42 Å². The van der Waals surface area contributed by atoms with E-state index in [1.807, 2.05) is 65.7 Å². The van der Waals surface area contributed by atoms with Crippen molar-refractivity contribution < 1.29 is 4.52 Å². The van der Waals surface area contributed by atoms with E-state index < -0.39 is 0 Å². The summed E-state index contributed by atoms with van der Waals surface area (Å²) in [7, 11) is 2.13. The van der Waals surface area contributed by atoms with E-state index in [9.17, 15) is 0 Å². The molecule has 1 aliphatic heterocycles. The molecule has 0 unspecified atom stereocenters. The molecular weight excluding hydrogens is 326 g/mol. The van der Waals surface area contributed by atoms with Crippen LogP contribution < -0.4 is 0 Å². The van der Waals surface area contributed by atoms with Crippen molar-refractivity contribution in [2.45, 2.75) is 0 Å². The minimum absolute atomic E-state index is 0.763. The number of hydrogen-bond donors (Lipinski definition) is 0. The second-order valence-electron chi connectivity index (χ2n) is 6.44. The van der Waals surface area contributed by atoms with E-state index in [-0.39, 0.29) is 0 Å². The van der Waals surface area contributed by atoms with Crippen molar-refractivity contribution in [2.75, 3.05) is 33.2 Å². The number of nitrogens with zero attached hydrogens (tertiary/aromatic N) is 5. The number of benzene rings is 2. The molecular formula is C20H21N5O. The van der Waals surface area contributed by atoms with E-state index in [4.69, 9.17) is 4.52 Å². The Balaban J connectivity index is 1.44. The average Bonchev–Trinajstić information content (AvgIpc) is 3.19. The lowest BCUT2D eigenvalue weighted by Crippen LogP contribution is -2.41. The third kappa shape index (κ3) is 3.81. The van der Waals surface area contributed by atoms with Gasteiger partial charge >= 0.3 is 0 Å². The molecule has 0 atom stereocenters. The highest BCUT2D eigenvalue weighted by Gasteiger charge is 2.12. The molecule has 3 aromatic rings. The van der Waals surface area contributed by atoms with Crippen LogP contribution in [0.15, 0.2) is 75.5 Å². The molecule has 0 aliphatic carbocycles. The lowest BCUT2D eigenvalue weighted by atomic mass is 10.1. The fourth-order valence-corrected chi connectivity index (χ4v) is 2.85. The Morgan fingerprint density at radius 3 is 2.35 bits per heavy atom. The zero-order chi connectivity index (χ0) is 17.8. The molecule has 4 rings (SSSR count). The predicted molar refractivity (Wildman–Crippen MR) is 101 cm³/mol. The van der Waals surface area contributed by atoms with Crippen molar-refractivity contribution in [3.63, 3.8) is 0 Å². The van der Waals surface area contributed by atoms with E-state index in [0.717, 1.165) is 54.4 Å². The van der Waals surface area contributed by atoms with Crippen molar-refractivity contribution >= 4 is 5.69 Å². The SMILES string of the molecule is CN1CCN(N=Nc2ccc(-c3cc(-c4ccccc4)on3)cc2)CC1. The first-order valence-corrected chi connectivity index (χ1v) is 8.76. The van der Waals surface area contributed by atoms with Gasteiger partial charge in [0.05, 0.1) is 18.8 Å². The zero-order valence-corrected chi connectivity index (χ0v) is 14.7. The molecule has 26 heavy (non-hydrogen) atoms. The molecule has 6 heteroatoms. The molecule has 1 aliphatic rings. The molecule has 1 aromatic heterocycles. The van der Waals surface area contributed by atoms with Crippen LogP contribution in [0.1, 0.15) is 0 Å². The molecule has 132 valence electrons. The van der Waals surface area contributed by atoms with Gasteiger partial charge in [-0.25, -0.2) is 0 Å². The van der Waals surface area contributed by atoms with Crippen LogP contribution in [0.3, 0.4) is 0 Å². The molecule has 1 fully saturated rings. The van der Waals surface area contributed by atoms with Crippen molar-refractivity contribution in [1.29, 1.82) is 0 Å². The fourth-order valence-electron chi connectivity index (χ4n) is 2.85. The van der Waals surface area contributed by atoms with E-state index in [1.165, 1.54) is 0 Å². The number of likely N-dealkylation sites (N-methyl/N-ethyl adjacent to an activating group) is 1. The van der Waals surface area contributed by atoms with Crippen LogP contribution in [0.2, 0.25) is 0 Å². The summed E-state index contributed by atoms with van der Waals surface area (Å²) in [6.45, 7) is 3.88. The van der Waals surface area contributed by atoms with Crippen LogP contribution >= 0.6 is 0 Å². The summed E-state index contributed by atoms with van der Waals surface area (Å²) < 4.78 is 5.47. The highest BCUT2D eigenvalue weighted by molar-refractivity contribution is 5.67. The van der Waals surface area contributed by atoms with Crippen LogP contribution in [0.5, 0.6) is 0 Å². The zero-order valence-electron chi connectivity index (χ0n) is 14.7. The van der Waals surface area contributed by atoms with Gasteiger partial charge in [-0.3, -0.25) is 5.01 Å². The van der Waals surface area contributed by atoms with Gasteiger partial charge in [-0.15, -0.1) is 5.11 Å². The molecule has 0 spiro atoms. The molecule has 1 saturated heterocycles. The van der Waals surface area contributed by atoms with Gasteiger partial charge in [-0.1, -0.05) is 52.8 Å². The van der Waals surface area contributed by atoms with Crippen LogP contribution in [0.25, 0.3) is 22.6 Å². The summed E-state index contributed by atoms with van der Waals surface area (Å²) in [4.78, 5) is 2.29. The van der Waals surface area contributed by atoms with E-state index in [2.05, 4.69) is 27.4 Å². The van der Waals surface area contributed by atoms with Gasteiger partial charge in [0.2, 0.25) is 0 Å². The third-order valence-electron chi connectivity index (χ3n) is 4.50. The predicted octanol–water partition coefficient (Wildman–Crippen LogP) is 4.25. The van der Waals surface area contributed by atoms with E-state index in [0.29, 0.717) is 0 Å². The Morgan fingerprint density at radius 2 is 1.62 bits per heavy atom. The standard InChI is InChI=1S/C20H21N5O/c1-24-11-13-25(14-12-24)23-21-18-9-7-16(8-10-18)19-15-20(26-22-19)17-5-3-2-4-6-17/h2-10,15H,11-14H2,1H3. The highest BCUT2D eigenvalue weighted by atomic mass is 16.5. The first-order valence-electron chi connectivity index (χ1n) is 8.76. The maximum atomic E-state index is 5.47. The van der Waals surface area contributed by atoms with Crippen molar-refractivity contribution in [1.82, 2.24) is 15.1 Å². The molecule has 0 bridgehead atoms. The second-order valence-corrected chi connectivity index (χ2v) is 6.44. The van der Waals surface area contributed by atoms with Gasteiger partial charge in [0.1, 0.15) is 5.69 Å². The number of piperazine rings is 1. The van der Waals surface area contributed by atoms with Gasteiger partial charge in [0, 0.05) is 30.3 Å².